The van der Waals surface area contributed by atoms with Crippen LogP contribution in [-0.2, 0) is 7.05 Å². The lowest BCUT2D eigenvalue weighted by molar-refractivity contribution is 0.0601. The molecule has 0 radical (unpaired) electrons. The van der Waals surface area contributed by atoms with E-state index in [1.54, 1.807) is 30.9 Å². The highest BCUT2D eigenvalue weighted by Gasteiger charge is 2.35. The topological polar surface area (TPSA) is 50.2 Å². The molecule has 1 N–H and O–H groups in total. The van der Waals surface area contributed by atoms with Gasteiger partial charge in [-0.25, -0.2) is 13.6 Å². The fourth-order valence-corrected chi connectivity index (χ4v) is 2.31. The minimum absolute atomic E-state index is 0.298. The van der Waals surface area contributed by atoms with Crippen LogP contribution in [0.25, 0.3) is 0 Å². The van der Waals surface area contributed by atoms with Gasteiger partial charge in [0.05, 0.1) is 17.8 Å². The highest BCUT2D eigenvalue weighted by molar-refractivity contribution is 5.75. The van der Waals surface area contributed by atoms with Crippen molar-refractivity contribution in [2.45, 2.75) is 38.3 Å². The standard InChI is InChI=1S/C12H18F2N4O/c1-8(9-5-7-17(2)16-9)15-12(19)18-6-3-4-10(18)11(13)14/h5,7-8,10-11H,3-4,6H2,1-2H3,(H,15,19)/t8?,10-/m0/s1. The molecule has 0 aliphatic carbocycles. The quantitative estimate of drug-likeness (QED) is 0.914. The van der Waals surface area contributed by atoms with Crippen molar-refractivity contribution in [1.82, 2.24) is 20.0 Å². The third-order valence-electron chi connectivity index (χ3n) is 3.37. The molecule has 106 valence electrons. The van der Waals surface area contributed by atoms with Crippen molar-refractivity contribution >= 4 is 6.03 Å². The third kappa shape index (κ3) is 3.02. The number of amides is 2. The van der Waals surface area contributed by atoms with E-state index in [-0.39, 0.29) is 6.04 Å². The van der Waals surface area contributed by atoms with Crippen LogP contribution in [0.2, 0.25) is 0 Å². The molecule has 2 amide bonds. The first-order valence-corrected chi connectivity index (χ1v) is 6.34. The number of hydrogen-bond acceptors (Lipinski definition) is 2. The fourth-order valence-electron chi connectivity index (χ4n) is 2.31. The summed E-state index contributed by atoms with van der Waals surface area (Å²) in [4.78, 5) is 13.2. The van der Waals surface area contributed by atoms with Crippen molar-refractivity contribution in [2.24, 2.45) is 7.05 Å². The molecule has 2 heterocycles. The van der Waals surface area contributed by atoms with Gasteiger partial charge in [-0.2, -0.15) is 5.10 Å². The molecule has 1 fully saturated rings. The van der Waals surface area contributed by atoms with Crippen LogP contribution in [0.5, 0.6) is 0 Å². The summed E-state index contributed by atoms with van der Waals surface area (Å²) < 4.78 is 27.2. The second-order valence-corrected chi connectivity index (χ2v) is 4.82. The molecule has 1 aliphatic heterocycles. The van der Waals surface area contributed by atoms with E-state index in [2.05, 4.69) is 10.4 Å². The predicted octanol–water partition coefficient (Wildman–Crippen LogP) is 1.92. The van der Waals surface area contributed by atoms with Crippen molar-refractivity contribution in [2.75, 3.05) is 6.54 Å². The van der Waals surface area contributed by atoms with Crippen molar-refractivity contribution in [3.05, 3.63) is 18.0 Å². The van der Waals surface area contributed by atoms with Gasteiger partial charge in [-0.1, -0.05) is 0 Å². The molecule has 19 heavy (non-hydrogen) atoms. The van der Waals surface area contributed by atoms with Gasteiger partial charge in [0.25, 0.3) is 6.43 Å². The van der Waals surface area contributed by atoms with Crippen LogP contribution < -0.4 is 5.32 Å². The molecule has 1 unspecified atom stereocenters. The Morgan fingerprint density at radius 1 is 1.58 bits per heavy atom. The summed E-state index contributed by atoms with van der Waals surface area (Å²) in [6.07, 6.45) is 0.276. The van der Waals surface area contributed by atoms with E-state index in [1.807, 2.05) is 0 Å². The number of nitrogens with one attached hydrogen (secondary N) is 1. The van der Waals surface area contributed by atoms with Gasteiger partial charge in [-0.3, -0.25) is 4.68 Å². The maximum Gasteiger partial charge on any atom is 0.318 e. The van der Waals surface area contributed by atoms with Crippen LogP contribution in [0.3, 0.4) is 0 Å². The maximum absolute atomic E-state index is 12.8. The lowest BCUT2D eigenvalue weighted by atomic mass is 10.2. The number of aromatic nitrogens is 2. The number of carbonyl (C=O) groups excluding carboxylic acids is 1. The first-order valence-electron chi connectivity index (χ1n) is 6.34. The molecule has 1 saturated heterocycles. The smallest absolute Gasteiger partial charge is 0.318 e. The molecule has 2 rings (SSSR count). The molecule has 2 atom stereocenters. The molecule has 1 aromatic rings. The summed E-state index contributed by atoms with van der Waals surface area (Å²) in [6, 6.07) is 0.0870. The summed E-state index contributed by atoms with van der Waals surface area (Å²) in [7, 11) is 1.78. The van der Waals surface area contributed by atoms with Crippen LogP contribution in [-0.4, -0.2) is 39.7 Å². The number of urea groups is 1. The summed E-state index contributed by atoms with van der Waals surface area (Å²) in [5, 5.41) is 6.89. The normalized spacial score (nSPS) is 20.9. The molecule has 0 saturated carbocycles. The number of halogens is 2. The van der Waals surface area contributed by atoms with E-state index >= 15 is 0 Å². The minimum atomic E-state index is -2.49. The molecule has 1 aromatic heterocycles. The molecular formula is C12H18F2N4O. The zero-order chi connectivity index (χ0) is 14.0. The van der Waals surface area contributed by atoms with Crippen LogP contribution in [0, 0.1) is 0 Å². The van der Waals surface area contributed by atoms with Crippen molar-refractivity contribution in [1.29, 1.82) is 0 Å². The lowest BCUT2D eigenvalue weighted by Gasteiger charge is -2.25. The molecule has 0 spiro atoms. The van der Waals surface area contributed by atoms with Gasteiger partial charge in [-0.15, -0.1) is 0 Å². The zero-order valence-corrected chi connectivity index (χ0v) is 11.0. The van der Waals surface area contributed by atoms with Crippen LogP contribution in [0.4, 0.5) is 13.6 Å². The predicted molar refractivity (Wildman–Crippen MR) is 65.9 cm³/mol. The van der Waals surface area contributed by atoms with Crippen molar-refractivity contribution in [3.8, 4) is 0 Å². The number of rotatable bonds is 3. The summed E-state index contributed by atoms with van der Waals surface area (Å²) in [5.74, 6) is 0. The summed E-state index contributed by atoms with van der Waals surface area (Å²) in [5.41, 5.74) is 0.712. The van der Waals surface area contributed by atoms with Gasteiger partial charge in [0.15, 0.2) is 0 Å². The highest BCUT2D eigenvalue weighted by Crippen LogP contribution is 2.23. The fraction of sp³-hybridized carbons (Fsp3) is 0.667. The average molecular weight is 272 g/mol. The number of hydrogen-bond donors (Lipinski definition) is 1. The zero-order valence-electron chi connectivity index (χ0n) is 11.0. The van der Waals surface area contributed by atoms with Crippen LogP contribution >= 0.6 is 0 Å². The Bertz CT molecular complexity index is 449. The summed E-state index contributed by atoms with van der Waals surface area (Å²) in [6.45, 7) is 2.17. The van der Waals surface area contributed by atoms with Gasteiger partial charge in [-0.05, 0) is 25.8 Å². The lowest BCUT2D eigenvalue weighted by Crippen LogP contribution is -2.46. The van der Waals surface area contributed by atoms with Crippen LogP contribution in [0.1, 0.15) is 31.5 Å². The number of likely N-dealkylation sites (tertiary alicyclic amines) is 1. The minimum Gasteiger partial charge on any atom is -0.330 e. The largest absolute Gasteiger partial charge is 0.330 e. The molecule has 0 aromatic carbocycles. The van der Waals surface area contributed by atoms with Gasteiger partial charge >= 0.3 is 6.03 Å². The van der Waals surface area contributed by atoms with E-state index in [4.69, 9.17) is 0 Å². The molecular weight excluding hydrogens is 254 g/mol. The maximum atomic E-state index is 12.8. The molecule has 5 nitrogen and oxygen atoms in total. The van der Waals surface area contributed by atoms with E-state index in [1.165, 1.54) is 4.90 Å². The van der Waals surface area contributed by atoms with Crippen molar-refractivity contribution < 1.29 is 13.6 Å². The summed E-state index contributed by atoms with van der Waals surface area (Å²) >= 11 is 0. The van der Waals surface area contributed by atoms with E-state index < -0.39 is 18.5 Å². The van der Waals surface area contributed by atoms with Gasteiger partial charge in [0.1, 0.15) is 0 Å². The molecule has 1 aliphatic rings. The van der Waals surface area contributed by atoms with E-state index in [0.29, 0.717) is 25.1 Å². The first-order chi connectivity index (χ1) is 8.99. The Morgan fingerprint density at radius 3 is 2.89 bits per heavy atom. The Hall–Kier alpha value is -1.66. The molecule has 0 bridgehead atoms. The third-order valence-corrected chi connectivity index (χ3v) is 3.37. The first kappa shape index (κ1) is 13.8. The van der Waals surface area contributed by atoms with Crippen LogP contribution in [0.15, 0.2) is 12.3 Å². The van der Waals surface area contributed by atoms with Gasteiger partial charge in [0, 0.05) is 19.8 Å². The Balaban J connectivity index is 1.97. The van der Waals surface area contributed by atoms with E-state index in [9.17, 15) is 13.6 Å². The number of aryl methyl sites for hydroxylation is 1. The number of carbonyl (C=O) groups is 1. The van der Waals surface area contributed by atoms with Crippen molar-refractivity contribution in [3.63, 3.8) is 0 Å². The second kappa shape index (κ2) is 5.54. The molecule has 7 heteroatoms. The Morgan fingerprint density at radius 2 is 2.32 bits per heavy atom. The highest BCUT2D eigenvalue weighted by atomic mass is 19.3. The Labute approximate surface area is 110 Å². The van der Waals surface area contributed by atoms with Gasteiger partial charge in [0.2, 0.25) is 0 Å². The SMILES string of the molecule is CC(NC(=O)N1CCC[C@H]1C(F)F)c1ccn(C)n1. The monoisotopic (exact) mass is 272 g/mol. The van der Waals surface area contributed by atoms with Gasteiger partial charge < -0.3 is 10.2 Å². The average Bonchev–Trinajstić information content (AvgIpc) is 2.96. The number of alkyl halides is 2. The Kier molecular flexibility index (Phi) is 4.01. The number of nitrogens with zero attached hydrogens (tertiary/aromatic N) is 3. The second-order valence-electron chi connectivity index (χ2n) is 4.82. The van der Waals surface area contributed by atoms with E-state index in [0.717, 1.165) is 0 Å².